The molecule has 2 aliphatic rings. The second-order valence-corrected chi connectivity index (χ2v) is 13.0. The Bertz CT molecular complexity index is 1070. The Balaban J connectivity index is 1.54. The first-order valence-corrected chi connectivity index (χ1v) is 13.5. The first-order chi connectivity index (χ1) is 16.0. The van der Waals surface area contributed by atoms with Crippen molar-refractivity contribution in [1.29, 1.82) is 0 Å². The van der Waals surface area contributed by atoms with Gasteiger partial charge in [0.1, 0.15) is 15.6 Å². The van der Waals surface area contributed by atoms with Crippen LogP contribution in [0.4, 0.5) is 5.82 Å². The number of hydrogen-bond donors (Lipinski definition) is 1. The van der Waals surface area contributed by atoms with Gasteiger partial charge in [0.25, 0.3) is 0 Å². The number of Topliss-reactive ketones (excluding diaryl/α,β-unsaturated/α-hetero) is 1. The van der Waals surface area contributed by atoms with Crippen LogP contribution in [0.25, 0.3) is 11.3 Å². The Morgan fingerprint density at radius 3 is 2.59 bits per heavy atom. The van der Waals surface area contributed by atoms with Gasteiger partial charge in [0, 0.05) is 43.1 Å². The predicted octanol–water partition coefficient (Wildman–Crippen LogP) is 5.24. The standard InChI is InChI=1S/C24H31Cl2N5O2S/c1-15(32)20-22(28-14-17(29-20)16-7-11-27-21(26)19(16)25)31-12-9-24(10-13-31)8-5-6-18(24)30-34(33)23(2,3)4/h7,11,14,18,30H,5-6,8-10,12-13H2,1-4H3/t18-,34?/m1/s1. The summed E-state index contributed by atoms with van der Waals surface area (Å²) in [4.78, 5) is 27.9. The van der Waals surface area contributed by atoms with E-state index in [-0.39, 0.29) is 32.2 Å². The van der Waals surface area contributed by atoms with Crippen molar-refractivity contribution in [3.05, 3.63) is 34.3 Å². The number of hydrogen-bond acceptors (Lipinski definition) is 7. The molecule has 10 heteroatoms. The molecule has 1 N–H and O–H groups in total. The monoisotopic (exact) mass is 523 g/mol. The molecule has 2 aromatic heterocycles. The van der Waals surface area contributed by atoms with Gasteiger partial charge in [-0.05, 0) is 57.9 Å². The van der Waals surface area contributed by atoms with Crippen molar-refractivity contribution in [2.45, 2.75) is 70.6 Å². The number of nitrogens with one attached hydrogen (secondary N) is 1. The molecule has 0 radical (unpaired) electrons. The highest BCUT2D eigenvalue weighted by atomic mass is 35.5. The Labute approximate surface area is 214 Å². The van der Waals surface area contributed by atoms with Crippen molar-refractivity contribution in [2.75, 3.05) is 18.0 Å². The van der Waals surface area contributed by atoms with Crippen molar-refractivity contribution in [3.63, 3.8) is 0 Å². The van der Waals surface area contributed by atoms with Crippen molar-refractivity contribution >= 4 is 46.2 Å². The van der Waals surface area contributed by atoms with Crippen molar-refractivity contribution in [1.82, 2.24) is 19.7 Å². The molecule has 7 nitrogen and oxygen atoms in total. The van der Waals surface area contributed by atoms with Gasteiger partial charge in [-0.25, -0.2) is 15.0 Å². The average Bonchev–Trinajstić information content (AvgIpc) is 3.16. The maximum Gasteiger partial charge on any atom is 0.181 e. The molecule has 184 valence electrons. The summed E-state index contributed by atoms with van der Waals surface area (Å²) in [6, 6.07) is 1.95. The number of rotatable bonds is 5. The number of pyridine rings is 1. The van der Waals surface area contributed by atoms with Gasteiger partial charge in [0.2, 0.25) is 0 Å². The van der Waals surface area contributed by atoms with Gasteiger partial charge in [0.05, 0.1) is 23.0 Å². The van der Waals surface area contributed by atoms with Gasteiger partial charge in [-0.3, -0.25) is 4.79 Å². The first-order valence-electron chi connectivity index (χ1n) is 11.6. The van der Waals surface area contributed by atoms with Crippen LogP contribution in [0.15, 0.2) is 18.5 Å². The zero-order chi connectivity index (χ0) is 24.7. The molecular weight excluding hydrogens is 493 g/mol. The summed E-state index contributed by atoms with van der Waals surface area (Å²) in [5.74, 6) is 0.449. The van der Waals surface area contributed by atoms with Gasteiger partial charge in [-0.1, -0.05) is 29.6 Å². The van der Waals surface area contributed by atoms with E-state index in [1.807, 2.05) is 20.8 Å². The van der Waals surface area contributed by atoms with E-state index in [0.29, 0.717) is 22.8 Å². The van der Waals surface area contributed by atoms with Crippen LogP contribution in [0, 0.1) is 5.41 Å². The van der Waals surface area contributed by atoms with Crippen LogP contribution in [-0.2, 0) is 11.4 Å². The fraction of sp³-hybridized carbons (Fsp3) is 0.583. The van der Waals surface area contributed by atoms with E-state index < -0.39 is 11.4 Å². The predicted molar refractivity (Wildman–Crippen MR) is 138 cm³/mol. The minimum Gasteiger partial charge on any atom is -0.598 e. The molecular formula is C24H31Cl2N5O2S. The maximum absolute atomic E-state index is 12.8. The molecule has 1 aliphatic carbocycles. The van der Waals surface area contributed by atoms with Crippen LogP contribution >= 0.6 is 23.2 Å². The molecule has 1 aliphatic heterocycles. The summed E-state index contributed by atoms with van der Waals surface area (Å²) < 4.78 is 15.9. The molecule has 1 unspecified atom stereocenters. The zero-order valence-corrected chi connectivity index (χ0v) is 22.4. The molecule has 1 saturated heterocycles. The quantitative estimate of drug-likeness (QED) is 0.325. The van der Waals surface area contributed by atoms with Crippen molar-refractivity contribution in [3.8, 4) is 11.3 Å². The van der Waals surface area contributed by atoms with Gasteiger partial charge < -0.3 is 9.45 Å². The lowest BCUT2D eigenvalue weighted by Crippen LogP contribution is -2.53. The molecule has 0 amide bonds. The second kappa shape index (κ2) is 9.90. The summed E-state index contributed by atoms with van der Waals surface area (Å²) >= 11 is 11.3. The molecule has 1 spiro atoms. The third-order valence-corrected chi connectivity index (χ3v) is 9.36. The van der Waals surface area contributed by atoms with Crippen molar-refractivity contribution < 1.29 is 9.35 Å². The normalized spacial score (nSPS) is 21.1. The van der Waals surface area contributed by atoms with E-state index in [2.05, 4.69) is 24.6 Å². The topological polar surface area (TPSA) is 94.1 Å². The lowest BCUT2D eigenvalue weighted by molar-refractivity contribution is 0.101. The minimum absolute atomic E-state index is 0.127. The molecule has 0 aromatic carbocycles. The molecule has 1 saturated carbocycles. The molecule has 2 aromatic rings. The highest BCUT2D eigenvalue weighted by Gasteiger charge is 2.48. The number of carbonyl (C=O) groups excluding carboxylic acids is 1. The minimum atomic E-state index is -1.09. The molecule has 2 fully saturated rings. The van der Waals surface area contributed by atoms with Gasteiger partial charge in [-0.2, -0.15) is 0 Å². The van der Waals surface area contributed by atoms with Crippen LogP contribution in [0.1, 0.15) is 70.3 Å². The Morgan fingerprint density at radius 1 is 1.24 bits per heavy atom. The Hall–Kier alpha value is -1.45. The first kappa shape index (κ1) is 25.6. The number of nitrogens with zero attached hydrogens (tertiary/aromatic N) is 4. The third kappa shape index (κ3) is 5.07. The molecule has 0 bridgehead atoms. The summed E-state index contributed by atoms with van der Waals surface area (Å²) in [5, 5.41) is 0.468. The van der Waals surface area contributed by atoms with E-state index in [1.165, 1.54) is 6.92 Å². The summed E-state index contributed by atoms with van der Waals surface area (Å²) in [7, 11) is 0. The van der Waals surface area contributed by atoms with E-state index in [0.717, 1.165) is 45.2 Å². The van der Waals surface area contributed by atoms with Crippen LogP contribution in [0.5, 0.6) is 0 Å². The van der Waals surface area contributed by atoms with E-state index in [9.17, 15) is 9.35 Å². The van der Waals surface area contributed by atoms with Gasteiger partial charge in [-0.15, -0.1) is 4.72 Å². The number of ketones is 1. The zero-order valence-electron chi connectivity index (χ0n) is 20.0. The largest absolute Gasteiger partial charge is 0.598 e. The second-order valence-electron chi connectivity index (χ2n) is 10.2. The SMILES string of the molecule is CC(=O)c1nc(-c2ccnc(Cl)c2Cl)cnc1N1CCC2(CCC[C@H]2N[S+]([O-])C(C)(C)C)CC1. The number of anilines is 1. The highest BCUT2D eigenvalue weighted by Crippen LogP contribution is 2.47. The number of halogens is 2. The molecule has 3 heterocycles. The third-order valence-electron chi connectivity index (χ3n) is 6.98. The summed E-state index contributed by atoms with van der Waals surface area (Å²) in [6.07, 6.45) is 8.42. The van der Waals surface area contributed by atoms with Gasteiger partial charge >= 0.3 is 0 Å². The Morgan fingerprint density at radius 2 is 1.94 bits per heavy atom. The highest BCUT2D eigenvalue weighted by molar-refractivity contribution is 7.90. The molecule has 4 rings (SSSR count). The maximum atomic E-state index is 12.8. The van der Waals surface area contributed by atoms with Crippen LogP contribution < -0.4 is 9.62 Å². The van der Waals surface area contributed by atoms with Crippen molar-refractivity contribution in [2.24, 2.45) is 5.41 Å². The lowest BCUT2D eigenvalue weighted by atomic mass is 9.74. The van der Waals surface area contributed by atoms with E-state index in [1.54, 1.807) is 18.5 Å². The lowest BCUT2D eigenvalue weighted by Gasteiger charge is -2.44. The van der Waals surface area contributed by atoms with E-state index >= 15 is 0 Å². The fourth-order valence-corrected chi connectivity index (χ4v) is 6.33. The van der Waals surface area contributed by atoms with Crippen LogP contribution in [0.3, 0.4) is 0 Å². The number of carbonyl (C=O) groups is 1. The van der Waals surface area contributed by atoms with Crippen LogP contribution in [-0.4, -0.2) is 49.2 Å². The average molecular weight is 525 g/mol. The van der Waals surface area contributed by atoms with Gasteiger partial charge in [0.15, 0.2) is 11.6 Å². The smallest absolute Gasteiger partial charge is 0.181 e. The van der Waals surface area contributed by atoms with E-state index in [4.69, 9.17) is 23.2 Å². The molecule has 34 heavy (non-hydrogen) atoms. The summed E-state index contributed by atoms with van der Waals surface area (Å²) in [5.41, 5.74) is 1.53. The summed E-state index contributed by atoms with van der Waals surface area (Å²) in [6.45, 7) is 9.05. The number of piperidine rings is 1. The Kier molecular flexibility index (Phi) is 7.46. The van der Waals surface area contributed by atoms with Crippen LogP contribution in [0.2, 0.25) is 10.2 Å². The molecule has 2 atom stereocenters. The fourth-order valence-electron chi connectivity index (χ4n) is 4.99. The number of aromatic nitrogens is 3.